The zero-order valence-electron chi connectivity index (χ0n) is 17.9. The number of ether oxygens (including phenoxy) is 1. The van der Waals surface area contributed by atoms with E-state index in [4.69, 9.17) is 10.5 Å². The Kier molecular flexibility index (Phi) is 3.51. The van der Waals surface area contributed by atoms with Crippen LogP contribution in [-0.2, 0) is 14.3 Å². The van der Waals surface area contributed by atoms with Crippen LogP contribution in [0, 0.1) is 57.2 Å². The number of carbonyl (C=O) groups is 2. The molecule has 1 saturated heterocycles. The van der Waals surface area contributed by atoms with Gasteiger partial charge >= 0.3 is 5.97 Å². The Bertz CT molecular complexity index is 898. The third kappa shape index (κ3) is 1.78. The largest absolute Gasteiger partial charge is 0.458 e. The Hall–Kier alpha value is -1.45. The second kappa shape index (κ2) is 5.48. The molecule has 3 N–H and O–H groups in total. The van der Waals surface area contributed by atoms with Crippen LogP contribution in [0.15, 0.2) is 0 Å². The summed E-state index contributed by atoms with van der Waals surface area (Å²) in [5, 5.41) is 22.0. The third-order valence-electron chi connectivity index (χ3n) is 11.3. The van der Waals surface area contributed by atoms with Gasteiger partial charge in [-0.3, -0.25) is 9.59 Å². The number of rotatable bonds is 0. The number of nitriles is 1. The minimum atomic E-state index is -0.752. The molecule has 11 unspecified atom stereocenters. The van der Waals surface area contributed by atoms with E-state index in [1.807, 2.05) is 0 Å². The molecular formula is C24H32N2O4. The summed E-state index contributed by atoms with van der Waals surface area (Å²) in [4.78, 5) is 25.1. The molecule has 0 aromatic heterocycles. The highest BCUT2D eigenvalue weighted by molar-refractivity contribution is 5.85. The van der Waals surface area contributed by atoms with Crippen molar-refractivity contribution in [3.63, 3.8) is 0 Å². The van der Waals surface area contributed by atoms with E-state index in [2.05, 4.69) is 19.9 Å². The number of nitrogens with zero attached hydrogens (tertiary/aromatic N) is 1. The Morgan fingerprint density at radius 2 is 1.90 bits per heavy atom. The van der Waals surface area contributed by atoms with Crippen LogP contribution in [0.1, 0.15) is 65.2 Å². The smallest absolute Gasteiger partial charge is 0.306 e. The number of esters is 1. The van der Waals surface area contributed by atoms with Crippen LogP contribution in [0.2, 0.25) is 0 Å². The maximum absolute atomic E-state index is 13.0. The zero-order chi connectivity index (χ0) is 21.3. The molecule has 2 bridgehead atoms. The van der Waals surface area contributed by atoms with Gasteiger partial charge in [0.05, 0.1) is 23.5 Å². The van der Waals surface area contributed by atoms with E-state index in [1.165, 1.54) is 0 Å². The molecule has 1 heterocycles. The summed E-state index contributed by atoms with van der Waals surface area (Å²) in [5.74, 6) is 0.145. The van der Waals surface area contributed by atoms with Crippen molar-refractivity contribution in [3.05, 3.63) is 0 Å². The van der Waals surface area contributed by atoms with Crippen molar-refractivity contribution in [2.75, 3.05) is 0 Å². The molecule has 162 valence electrons. The molecule has 6 rings (SSSR count). The van der Waals surface area contributed by atoms with Gasteiger partial charge in [0, 0.05) is 24.3 Å². The highest BCUT2D eigenvalue weighted by Gasteiger charge is 2.78. The lowest BCUT2D eigenvalue weighted by molar-refractivity contribution is -0.214. The van der Waals surface area contributed by atoms with Crippen molar-refractivity contribution >= 4 is 11.8 Å². The molecule has 6 fully saturated rings. The van der Waals surface area contributed by atoms with Crippen molar-refractivity contribution in [2.24, 2.45) is 51.6 Å². The van der Waals surface area contributed by atoms with Gasteiger partial charge in [-0.2, -0.15) is 5.26 Å². The second-order valence-corrected chi connectivity index (χ2v) is 11.8. The van der Waals surface area contributed by atoms with Gasteiger partial charge in [0.2, 0.25) is 0 Å². The summed E-state index contributed by atoms with van der Waals surface area (Å²) in [6.45, 7) is 4.38. The van der Waals surface area contributed by atoms with Crippen LogP contribution in [0.4, 0.5) is 0 Å². The van der Waals surface area contributed by atoms with Gasteiger partial charge in [-0.1, -0.05) is 13.8 Å². The van der Waals surface area contributed by atoms with Crippen LogP contribution >= 0.6 is 0 Å². The molecular weight excluding hydrogens is 380 g/mol. The van der Waals surface area contributed by atoms with Crippen LogP contribution in [-0.4, -0.2) is 34.6 Å². The Labute approximate surface area is 177 Å². The minimum Gasteiger partial charge on any atom is -0.458 e. The first kappa shape index (κ1) is 19.3. The summed E-state index contributed by atoms with van der Waals surface area (Å²) in [6, 6.07) is 2.29. The Morgan fingerprint density at radius 1 is 1.13 bits per heavy atom. The number of fused-ring (bicyclic) bond motifs is 7. The van der Waals surface area contributed by atoms with E-state index in [0.717, 1.165) is 19.3 Å². The minimum absolute atomic E-state index is 0.0228. The Balaban J connectivity index is 1.51. The second-order valence-electron chi connectivity index (χ2n) is 11.8. The fourth-order valence-corrected chi connectivity index (χ4v) is 10.1. The topological polar surface area (TPSA) is 113 Å². The van der Waals surface area contributed by atoms with E-state index >= 15 is 0 Å². The van der Waals surface area contributed by atoms with Crippen LogP contribution < -0.4 is 5.73 Å². The molecule has 6 aliphatic rings. The molecule has 11 atom stereocenters. The first-order valence-electron chi connectivity index (χ1n) is 11.7. The van der Waals surface area contributed by atoms with Gasteiger partial charge in [-0.25, -0.2) is 0 Å². The summed E-state index contributed by atoms with van der Waals surface area (Å²) < 4.78 is 6.00. The molecule has 1 aliphatic heterocycles. The highest BCUT2D eigenvalue weighted by atomic mass is 16.6. The SMILES string of the molecule is CC12CC(O)C3C(C4CC5(C#N)C(C(=O)CCC35C)C4N)C1CCC21CCC(=O)O1. The van der Waals surface area contributed by atoms with Gasteiger partial charge in [-0.15, -0.1) is 0 Å². The molecule has 6 nitrogen and oxygen atoms in total. The maximum Gasteiger partial charge on any atom is 0.306 e. The standard InChI is InChI=1S/C24H32N2O4/c1-21-6-4-14(27)19-20(26)12(9-23(19,21)11-25)17-13-3-7-24(8-5-16(29)30-24)22(13,2)10-15(28)18(17)21/h12-13,15,17-20,28H,3-10,26H2,1-2H3. The normalized spacial score (nSPS) is 60.8. The summed E-state index contributed by atoms with van der Waals surface area (Å²) in [7, 11) is 0. The van der Waals surface area contributed by atoms with E-state index < -0.39 is 28.5 Å². The zero-order valence-corrected chi connectivity index (χ0v) is 17.9. The highest BCUT2D eigenvalue weighted by Crippen LogP contribution is 2.77. The number of ketones is 1. The quantitative estimate of drug-likeness (QED) is 0.590. The van der Waals surface area contributed by atoms with Gasteiger partial charge in [0.15, 0.2) is 0 Å². The lowest BCUT2D eigenvalue weighted by Gasteiger charge is -2.64. The van der Waals surface area contributed by atoms with Gasteiger partial charge in [0.25, 0.3) is 0 Å². The van der Waals surface area contributed by atoms with Gasteiger partial charge in [0.1, 0.15) is 11.4 Å². The number of aliphatic hydroxyl groups is 1. The van der Waals surface area contributed by atoms with Crippen LogP contribution in [0.3, 0.4) is 0 Å². The van der Waals surface area contributed by atoms with E-state index in [0.29, 0.717) is 38.0 Å². The van der Waals surface area contributed by atoms with Crippen molar-refractivity contribution in [2.45, 2.75) is 83.0 Å². The lowest BCUT2D eigenvalue weighted by Crippen LogP contribution is -2.65. The summed E-state index contributed by atoms with van der Waals surface area (Å²) >= 11 is 0. The van der Waals surface area contributed by atoms with E-state index in [9.17, 15) is 20.0 Å². The molecule has 6 heteroatoms. The molecule has 30 heavy (non-hydrogen) atoms. The molecule has 0 aromatic carbocycles. The third-order valence-corrected chi connectivity index (χ3v) is 11.3. The van der Waals surface area contributed by atoms with Crippen molar-refractivity contribution < 1.29 is 19.4 Å². The molecule has 0 amide bonds. The summed E-state index contributed by atoms with van der Waals surface area (Å²) in [6.07, 6.45) is 4.85. The fraction of sp³-hybridized carbons (Fsp3) is 0.875. The number of nitrogens with two attached hydrogens (primary N) is 1. The predicted octanol–water partition coefficient (Wildman–Crippen LogP) is 2.33. The predicted molar refractivity (Wildman–Crippen MR) is 106 cm³/mol. The first-order chi connectivity index (χ1) is 14.1. The molecule has 5 aliphatic carbocycles. The Morgan fingerprint density at radius 3 is 2.57 bits per heavy atom. The first-order valence-corrected chi connectivity index (χ1v) is 11.7. The van der Waals surface area contributed by atoms with E-state index in [1.54, 1.807) is 0 Å². The van der Waals surface area contributed by atoms with Crippen LogP contribution in [0.5, 0.6) is 0 Å². The average molecular weight is 413 g/mol. The number of hydrogen-bond donors (Lipinski definition) is 2. The maximum atomic E-state index is 13.0. The van der Waals surface area contributed by atoms with Crippen LogP contribution in [0.25, 0.3) is 0 Å². The van der Waals surface area contributed by atoms with Crippen molar-refractivity contribution in [3.8, 4) is 6.07 Å². The number of hydrogen-bond acceptors (Lipinski definition) is 6. The van der Waals surface area contributed by atoms with Gasteiger partial charge in [-0.05, 0) is 67.6 Å². The van der Waals surface area contributed by atoms with Crippen molar-refractivity contribution in [1.29, 1.82) is 5.26 Å². The lowest BCUT2D eigenvalue weighted by atomic mass is 9.39. The monoisotopic (exact) mass is 412 g/mol. The van der Waals surface area contributed by atoms with E-state index in [-0.39, 0.29) is 41.0 Å². The summed E-state index contributed by atoms with van der Waals surface area (Å²) in [5.41, 5.74) is 4.88. The molecule has 5 saturated carbocycles. The van der Waals surface area contributed by atoms with Gasteiger partial charge < -0.3 is 15.6 Å². The molecule has 0 aromatic rings. The molecule has 1 spiro atoms. The average Bonchev–Trinajstić information content (AvgIpc) is 3.31. The number of carbonyl (C=O) groups excluding carboxylic acids is 2. The van der Waals surface area contributed by atoms with Crippen molar-refractivity contribution in [1.82, 2.24) is 0 Å². The molecule has 0 radical (unpaired) electrons. The number of aliphatic hydroxyl groups excluding tert-OH is 1. The number of Topliss-reactive ketones (excluding diaryl/α,β-unsaturated/α-hetero) is 1. The fourth-order valence-electron chi connectivity index (χ4n) is 10.1.